The van der Waals surface area contributed by atoms with E-state index >= 15 is 0 Å². The highest BCUT2D eigenvalue weighted by Gasteiger charge is 2.52. The van der Waals surface area contributed by atoms with Gasteiger partial charge in [0.1, 0.15) is 0 Å². The second-order valence-electron chi connectivity index (χ2n) is 13.5. The van der Waals surface area contributed by atoms with E-state index in [1.54, 1.807) is 0 Å². The van der Waals surface area contributed by atoms with E-state index in [0.29, 0.717) is 45.2 Å². The van der Waals surface area contributed by atoms with Crippen molar-refractivity contribution in [2.24, 2.45) is 0 Å². The lowest BCUT2D eigenvalue weighted by Crippen LogP contribution is -2.60. The summed E-state index contributed by atoms with van der Waals surface area (Å²) in [5.41, 5.74) is 0.385. The zero-order chi connectivity index (χ0) is 29.1. The van der Waals surface area contributed by atoms with Crippen LogP contribution < -0.4 is 0 Å². The highest BCUT2D eigenvalue weighted by Crippen LogP contribution is 2.42. The summed E-state index contributed by atoms with van der Waals surface area (Å²) in [4.78, 5) is 4.75. The Morgan fingerprint density at radius 1 is 0.780 bits per heavy atom. The van der Waals surface area contributed by atoms with Crippen LogP contribution in [0.1, 0.15) is 12.8 Å². The predicted molar refractivity (Wildman–Crippen MR) is 164 cm³/mol. The largest absolute Gasteiger partial charge is 0.498 e. The molecule has 238 valence electrons. The van der Waals surface area contributed by atoms with Crippen molar-refractivity contribution >= 4 is 34.2 Å². The first kappa shape index (κ1) is 32.8. The summed E-state index contributed by atoms with van der Waals surface area (Å²) in [6, 6.07) is 1.07. The van der Waals surface area contributed by atoms with E-state index in [-0.39, 0.29) is 18.3 Å². The predicted octanol–water partition coefficient (Wildman–Crippen LogP) is 2.61. The van der Waals surface area contributed by atoms with Gasteiger partial charge in [-0.1, -0.05) is 0 Å². The molecule has 7 fully saturated rings. The van der Waals surface area contributed by atoms with Crippen LogP contribution in [-0.4, -0.2) is 148 Å². The number of nitrogens with zero attached hydrogens (tertiary/aromatic N) is 2. The summed E-state index contributed by atoms with van der Waals surface area (Å²) >= 11 is 0. The number of hydrogen-bond acceptors (Lipinski definition) is 11. The minimum absolute atomic E-state index is 0.00750. The molecule has 41 heavy (non-hydrogen) atoms. The van der Waals surface area contributed by atoms with Crippen molar-refractivity contribution in [2.75, 3.05) is 85.5 Å². The molecule has 0 aliphatic carbocycles. The first-order valence-electron chi connectivity index (χ1n) is 15.7. The summed E-state index contributed by atoms with van der Waals surface area (Å²) in [5.74, 6) is 0. The number of fused-ring (bicyclic) bond motifs is 12. The lowest BCUT2D eigenvalue weighted by molar-refractivity contribution is -0.0824. The van der Waals surface area contributed by atoms with E-state index in [0.717, 1.165) is 64.8 Å². The zero-order valence-corrected chi connectivity index (χ0v) is 30.2. The van der Waals surface area contributed by atoms with Gasteiger partial charge in [0.15, 0.2) is 16.6 Å². The molecule has 0 saturated carbocycles. The number of ether oxygens (including phenoxy) is 2. The molecular formula is C26H54N2O9Si4. The van der Waals surface area contributed by atoms with Crippen molar-refractivity contribution in [3.8, 4) is 0 Å². The second-order valence-corrected chi connectivity index (χ2v) is 27.4. The van der Waals surface area contributed by atoms with E-state index in [1.807, 2.05) is 13.1 Å². The Morgan fingerprint density at radius 3 is 2.00 bits per heavy atom. The molecule has 11 nitrogen and oxygen atoms in total. The number of hydrogen-bond donors (Lipinski definition) is 0. The quantitative estimate of drug-likeness (QED) is 0.258. The van der Waals surface area contributed by atoms with Gasteiger partial charge in [-0.3, -0.25) is 9.80 Å². The maximum absolute atomic E-state index is 7.16. The molecule has 0 amide bonds. The molecule has 0 aromatic rings. The normalized spacial score (nSPS) is 40.8. The fourth-order valence-corrected chi connectivity index (χ4v) is 20.5. The van der Waals surface area contributed by atoms with Crippen LogP contribution in [-0.2, 0) is 40.1 Å². The van der Waals surface area contributed by atoms with Gasteiger partial charge >= 0.3 is 17.6 Å². The third-order valence-corrected chi connectivity index (χ3v) is 21.7. The zero-order valence-electron chi connectivity index (χ0n) is 26.2. The third-order valence-electron chi connectivity index (χ3n) is 9.04. The highest BCUT2D eigenvalue weighted by molar-refractivity contribution is 6.85. The minimum Gasteiger partial charge on any atom is -0.455 e. The molecule has 7 aliphatic rings. The van der Waals surface area contributed by atoms with Crippen LogP contribution in [0.5, 0.6) is 0 Å². The van der Waals surface area contributed by atoms with Gasteiger partial charge in [-0.15, -0.1) is 0 Å². The van der Waals surface area contributed by atoms with Crippen LogP contribution in [0.2, 0.25) is 50.9 Å². The number of rotatable bonds is 10. The summed E-state index contributed by atoms with van der Waals surface area (Å²) in [6.45, 7) is 23.8. The average Bonchev–Trinajstić information content (AvgIpc) is 3.32. The molecule has 7 saturated heterocycles. The Morgan fingerprint density at radius 2 is 1.37 bits per heavy atom. The molecular weight excluding hydrogens is 597 g/mol. The van der Waals surface area contributed by atoms with E-state index < -0.39 is 34.2 Å². The lowest BCUT2D eigenvalue weighted by atomic mass is 10.1. The lowest BCUT2D eigenvalue weighted by Gasteiger charge is -2.45. The molecule has 0 aromatic carbocycles. The van der Waals surface area contributed by atoms with Crippen molar-refractivity contribution in [3.05, 3.63) is 0 Å². The minimum atomic E-state index is -2.66. The van der Waals surface area contributed by atoms with Crippen LogP contribution in [0.3, 0.4) is 0 Å². The summed E-state index contributed by atoms with van der Waals surface area (Å²) in [6.07, 6.45) is 2.00. The first-order chi connectivity index (χ1) is 19.4. The molecule has 7 aliphatic heterocycles. The molecule has 4 bridgehead atoms. The van der Waals surface area contributed by atoms with Crippen molar-refractivity contribution in [2.45, 2.75) is 82.0 Å². The molecule has 4 atom stereocenters. The summed E-state index contributed by atoms with van der Waals surface area (Å²) in [5, 5.41) is 0. The van der Waals surface area contributed by atoms with Crippen molar-refractivity contribution in [3.63, 3.8) is 0 Å². The average molecular weight is 651 g/mol. The van der Waals surface area contributed by atoms with Gasteiger partial charge in [0.05, 0.1) is 51.3 Å². The van der Waals surface area contributed by atoms with Gasteiger partial charge < -0.3 is 40.1 Å². The van der Waals surface area contributed by atoms with Crippen molar-refractivity contribution < 1.29 is 40.1 Å². The Balaban J connectivity index is 1.10. The molecule has 15 heteroatoms. The molecule has 4 unspecified atom stereocenters. The topological polar surface area (TPSA) is 89.6 Å². The van der Waals surface area contributed by atoms with Gasteiger partial charge in [0.25, 0.3) is 0 Å². The van der Waals surface area contributed by atoms with E-state index in [9.17, 15) is 0 Å². The van der Waals surface area contributed by atoms with Crippen molar-refractivity contribution in [1.29, 1.82) is 0 Å². The molecule has 0 aromatic heterocycles. The third kappa shape index (κ3) is 9.00. The van der Waals surface area contributed by atoms with Gasteiger partial charge in [-0.2, -0.15) is 0 Å². The maximum Gasteiger partial charge on any atom is 0.498 e. The fraction of sp³-hybridized carbons (Fsp3) is 1.00. The van der Waals surface area contributed by atoms with Crippen LogP contribution >= 0.6 is 0 Å². The van der Waals surface area contributed by atoms with E-state index in [1.165, 1.54) is 0 Å². The smallest absolute Gasteiger partial charge is 0.455 e. The maximum atomic E-state index is 7.16. The molecule has 0 N–H and O–H groups in total. The second kappa shape index (κ2) is 13.8. The molecule has 0 radical (unpaired) electrons. The van der Waals surface area contributed by atoms with Gasteiger partial charge in [-0.25, -0.2) is 0 Å². The summed E-state index contributed by atoms with van der Waals surface area (Å²) < 4.78 is 56.9. The fourth-order valence-electron chi connectivity index (χ4n) is 7.08. The van der Waals surface area contributed by atoms with E-state index in [4.69, 9.17) is 40.1 Å². The van der Waals surface area contributed by atoms with Gasteiger partial charge in [0.2, 0.25) is 0 Å². The van der Waals surface area contributed by atoms with Crippen molar-refractivity contribution in [1.82, 2.24) is 9.80 Å². The monoisotopic (exact) mass is 650 g/mol. The Kier molecular flexibility index (Phi) is 11.1. The molecule has 7 rings (SSSR count). The van der Waals surface area contributed by atoms with Crippen LogP contribution in [0.25, 0.3) is 0 Å². The summed E-state index contributed by atoms with van der Waals surface area (Å²) in [7, 11) is -9.23. The Bertz CT molecular complexity index is 840. The SMILES string of the molecule is C[Si](C)(CCCOCC1CN2CCO[Si](C)(OCC2)O1)O[Si](C)(C)C1CCOC1C1CN2CCO[Si](C)(OCC2)O1. The molecule has 7 heterocycles. The Labute approximate surface area is 251 Å². The van der Waals surface area contributed by atoms with E-state index in [2.05, 4.69) is 36.0 Å². The Hall–Kier alpha value is 0.428. The van der Waals surface area contributed by atoms with Gasteiger partial charge in [-0.05, 0) is 45.1 Å². The standard InChI is InChI=1S/C26H54N2O9Si4/c1-38(2,19-7-13-29-22-23-20-27-9-15-31-40(5,35-23)32-16-10-27)37-39(3,4)25-8-14-30-26(25)24-21-28-11-17-33-41(6,36-24)34-18-12-28/h23-26H,7-22H2,1-6H3. The van der Waals surface area contributed by atoms with Crippen LogP contribution in [0.15, 0.2) is 0 Å². The molecule has 0 spiro atoms. The van der Waals surface area contributed by atoms with Crippen LogP contribution in [0, 0.1) is 0 Å². The van der Waals surface area contributed by atoms with Gasteiger partial charge in [0, 0.05) is 71.1 Å². The first-order valence-corrected chi connectivity index (χ1v) is 26.3. The van der Waals surface area contributed by atoms with Crippen LogP contribution in [0.4, 0.5) is 0 Å². The highest BCUT2D eigenvalue weighted by atomic mass is 28.4.